The van der Waals surface area contributed by atoms with E-state index in [1.54, 1.807) is 18.3 Å². The molecule has 1 amide bonds. The first-order chi connectivity index (χ1) is 16.9. The van der Waals surface area contributed by atoms with Gasteiger partial charge in [-0.1, -0.05) is 57.6 Å². The summed E-state index contributed by atoms with van der Waals surface area (Å²) in [5, 5.41) is 20.7. The first-order valence-corrected chi connectivity index (χ1v) is 13.1. The Labute approximate surface area is 209 Å². The van der Waals surface area contributed by atoms with Crippen molar-refractivity contribution in [3.63, 3.8) is 0 Å². The van der Waals surface area contributed by atoms with E-state index in [4.69, 9.17) is 15.2 Å². The second-order valence-electron chi connectivity index (χ2n) is 9.26. The van der Waals surface area contributed by atoms with Gasteiger partial charge < -0.3 is 25.4 Å². The number of carbonyl (C=O) groups is 2. The SMILES string of the molecule is CCCCCC/C=C\CCCCCCCC(=O)OC[C@H]1O[C@@H]([n+]2cccc(C(N)=O)c2)[C@H](O)[C@@H]1O. The van der Waals surface area contributed by atoms with Crippen LogP contribution < -0.4 is 10.3 Å². The van der Waals surface area contributed by atoms with Crippen molar-refractivity contribution in [3.05, 3.63) is 42.2 Å². The topological polar surface area (TPSA) is 123 Å². The smallest absolute Gasteiger partial charge is 0.305 e. The third kappa shape index (κ3) is 10.5. The molecule has 1 aromatic rings. The molecule has 35 heavy (non-hydrogen) atoms. The molecule has 1 fully saturated rings. The summed E-state index contributed by atoms with van der Waals surface area (Å²) < 4.78 is 12.4. The molecule has 0 aromatic carbocycles. The zero-order chi connectivity index (χ0) is 25.5. The fourth-order valence-corrected chi connectivity index (χ4v) is 4.14. The number of esters is 1. The number of pyridine rings is 1. The van der Waals surface area contributed by atoms with Gasteiger partial charge >= 0.3 is 5.97 Å². The predicted molar refractivity (Wildman–Crippen MR) is 132 cm³/mol. The van der Waals surface area contributed by atoms with Crippen molar-refractivity contribution >= 4 is 11.9 Å². The summed E-state index contributed by atoms with van der Waals surface area (Å²) in [5.41, 5.74) is 5.55. The molecule has 1 aliphatic rings. The van der Waals surface area contributed by atoms with E-state index in [1.807, 2.05) is 0 Å². The maximum Gasteiger partial charge on any atom is 0.305 e. The molecule has 0 unspecified atom stereocenters. The van der Waals surface area contributed by atoms with E-state index in [0.717, 1.165) is 32.1 Å². The lowest BCUT2D eigenvalue weighted by Gasteiger charge is -2.13. The summed E-state index contributed by atoms with van der Waals surface area (Å²) in [5.74, 6) is -0.948. The average Bonchev–Trinajstić information content (AvgIpc) is 3.14. The van der Waals surface area contributed by atoms with Crippen molar-refractivity contribution in [1.29, 1.82) is 0 Å². The van der Waals surface area contributed by atoms with Crippen LogP contribution in [0.5, 0.6) is 0 Å². The number of aromatic nitrogens is 1. The van der Waals surface area contributed by atoms with Crippen LogP contribution in [0.4, 0.5) is 0 Å². The molecule has 2 rings (SSSR count). The molecule has 0 bridgehead atoms. The number of hydrogen-bond donors (Lipinski definition) is 3. The number of amides is 1. The number of rotatable bonds is 17. The predicted octanol–water partition coefficient (Wildman–Crippen LogP) is 3.49. The van der Waals surface area contributed by atoms with E-state index in [0.29, 0.717) is 6.42 Å². The largest absolute Gasteiger partial charge is 0.463 e. The second kappa shape index (κ2) is 16.4. The van der Waals surface area contributed by atoms with Crippen LogP contribution in [0.3, 0.4) is 0 Å². The van der Waals surface area contributed by atoms with Gasteiger partial charge in [-0.3, -0.25) is 9.59 Å². The third-order valence-electron chi connectivity index (χ3n) is 6.29. The van der Waals surface area contributed by atoms with Crippen molar-refractivity contribution in [2.45, 2.75) is 109 Å². The number of aliphatic hydroxyl groups excluding tert-OH is 2. The van der Waals surface area contributed by atoms with Crippen molar-refractivity contribution in [2.75, 3.05) is 6.61 Å². The Morgan fingerprint density at radius 2 is 1.69 bits per heavy atom. The number of allylic oxidation sites excluding steroid dienone is 2. The molecule has 0 spiro atoms. The van der Waals surface area contributed by atoms with Crippen LogP contribution in [-0.4, -0.2) is 47.0 Å². The summed E-state index contributed by atoms with van der Waals surface area (Å²) in [6, 6.07) is 3.14. The molecule has 0 radical (unpaired) electrons. The molecule has 4 N–H and O–H groups in total. The van der Waals surface area contributed by atoms with Gasteiger partial charge in [-0.25, -0.2) is 0 Å². The Bertz CT molecular complexity index is 800. The van der Waals surface area contributed by atoms with Crippen LogP contribution in [-0.2, 0) is 14.3 Å². The lowest BCUT2D eigenvalue weighted by atomic mass is 10.1. The van der Waals surface area contributed by atoms with Gasteiger partial charge in [0.05, 0.1) is 0 Å². The summed E-state index contributed by atoms with van der Waals surface area (Å²) >= 11 is 0. The highest BCUT2D eigenvalue weighted by Crippen LogP contribution is 2.26. The highest BCUT2D eigenvalue weighted by molar-refractivity contribution is 5.92. The average molecular weight is 492 g/mol. The second-order valence-corrected chi connectivity index (χ2v) is 9.26. The van der Waals surface area contributed by atoms with E-state index < -0.39 is 30.4 Å². The van der Waals surface area contributed by atoms with Crippen LogP contribution in [0.2, 0.25) is 0 Å². The van der Waals surface area contributed by atoms with E-state index in [-0.39, 0.29) is 18.1 Å². The number of carbonyl (C=O) groups excluding carboxylic acids is 2. The molecule has 1 saturated heterocycles. The molecule has 1 aromatic heterocycles. The molecule has 1 aliphatic heterocycles. The fourth-order valence-electron chi connectivity index (χ4n) is 4.14. The lowest BCUT2D eigenvalue weighted by Crippen LogP contribution is -2.46. The van der Waals surface area contributed by atoms with Crippen molar-refractivity contribution < 1.29 is 33.8 Å². The lowest BCUT2D eigenvalue weighted by molar-refractivity contribution is -0.765. The van der Waals surface area contributed by atoms with Gasteiger partial charge in [0.2, 0.25) is 0 Å². The van der Waals surface area contributed by atoms with E-state index in [2.05, 4.69) is 19.1 Å². The first kappa shape index (κ1) is 28.9. The fraction of sp³-hybridized carbons (Fsp3) is 0.667. The minimum atomic E-state index is -1.23. The first-order valence-electron chi connectivity index (χ1n) is 13.1. The highest BCUT2D eigenvalue weighted by atomic mass is 16.6. The minimum Gasteiger partial charge on any atom is -0.463 e. The van der Waals surface area contributed by atoms with E-state index in [1.165, 1.54) is 49.3 Å². The highest BCUT2D eigenvalue weighted by Gasteiger charge is 2.48. The standard InChI is InChI=1S/C27H42N2O6/c1-2-3-4-5-6-7-8-9-10-11-12-13-14-17-23(30)34-20-22-24(31)25(32)27(35-22)29-18-15-16-21(19-29)26(28)33/h7-8,15-16,18-19,22,24-25,27,31-32H,2-6,9-14,17,20H2,1H3,(H-,28,33)/p+1/b8-7-/t22-,24-,25-,27-/m1/s1. The van der Waals surface area contributed by atoms with Crippen molar-refractivity contribution in [3.8, 4) is 0 Å². The summed E-state index contributed by atoms with van der Waals surface area (Å²) in [6.45, 7) is 2.08. The minimum absolute atomic E-state index is 0.144. The van der Waals surface area contributed by atoms with Gasteiger partial charge in [0.25, 0.3) is 12.1 Å². The zero-order valence-electron chi connectivity index (χ0n) is 21.0. The van der Waals surface area contributed by atoms with Gasteiger partial charge in [0.1, 0.15) is 24.4 Å². The number of hydrogen-bond acceptors (Lipinski definition) is 6. The number of ether oxygens (including phenoxy) is 2. The Morgan fingerprint density at radius 3 is 2.37 bits per heavy atom. The number of unbranched alkanes of at least 4 members (excludes halogenated alkanes) is 9. The Morgan fingerprint density at radius 1 is 1.03 bits per heavy atom. The number of nitrogens with two attached hydrogens (primary N) is 1. The summed E-state index contributed by atoms with van der Waals surface area (Å²) in [4.78, 5) is 23.5. The molecule has 4 atom stereocenters. The summed E-state index contributed by atoms with van der Waals surface area (Å²) in [6.07, 6.45) is 16.4. The van der Waals surface area contributed by atoms with Crippen LogP contribution in [0.25, 0.3) is 0 Å². The maximum absolute atomic E-state index is 12.1. The van der Waals surface area contributed by atoms with E-state index >= 15 is 0 Å². The molecular formula is C27H43N2O6+. The van der Waals surface area contributed by atoms with Crippen LogP contribution in [0.15, 0.2) is 36.7 Å². The van der Waals surface area contributed by atoms with E-state index in [9.17, 15) is 19.8 Å². The Hall–Kier alpha value is -2.29. The third-order valence-corrected chi connectivity index (χ3v) is 6.29. The quantitative estimate of drug-likeness (QED) is 0.133. The van der Waals surface area contributed by atoms with Crippen molar-refractivity contribution in [2.24, 2.45) is 5.73 Å². The molecule has 2 heterocycles. The molecule has 8 heteroatoms. The molecular weight excluding hydrogens is 448 g/mol. The van der Waals surface area contributed by atoms with Crippen LogP contribution in [0, 0.1) is 0 Å². The van der Waals surface area contributed by atoms with Gasteiger partial charge in [0, 0.05) is 12.5 Å². The van der Waals surface area contributed by atoms with Crippen molar-refractivity contribution in [1.82, 2.24) is 0 Å². The van der Waals surface area contributed by atoms with Crippen LogP contribution in [0.1, 0.15) is 101 Å². The van der Waals surface area contributed by atoms with Gasteiger partial charge in [0.15, 0.2) is 18.5 Å². The molecule has 196 valence electrons. The van der Waals surface area contributed by atoms with Gasteiger partial charge in [-0.2, -0.15) is 4.57 Å². The van der Waals surface area contributed by atoms with Gasteiger partial charge in [-0.05, 0) is 38.2 Å². The molecule has 8 nitrogen and oxygen atoms in total. The maximum atomic E-state index is 12.1. The number of nitrogens with zero attached hydrogens (tertiary/aromatic N) is 1. The number of aliphatic hydroxyl groups is 2. The Balaban J connectivity index is 1.57. The normalized spacial score (nSPS) is 22.0. The number of primary amides is 1. The van der Waals surface area contributed by atoms with Gasteiger partial charge in [-0.15, -0.1) is 0 Å². The van der Waals surface area contributed by atoms with Crippen LogP contribution >= 0.6 is 0 Å². The monoisotopic (exact) mass is 491 g/mol. The Kier molecular flexibility index (Phi) is 13.6. The molecule has 0 aliphatic carbocycles. The zero-order valence-corrected chi connectivity index (χ0v) is 21.0. The molecule has 0 saturated carbocycles. The summed E-state index contributed by atoms with van der Waals surface area (Å²) in [7, 11) is 0.